The van der Waals surface area contributed by atoms with Crippen molar-refractivity contribution < 1.29 is 19.0 Å². The summed E-state index contributed by atoms with van der Waals surface area (Å²) in [5.41, 5.74) is 3.96. The van der Waals surface area contributed by atoms with Crippen molar-refractivity contribution in [2.75, 3.05) is 20.3 Å². The van der Waals surface area contributed by atoms with Crippen LogP contribution < -0.4 is 14.2 Å². The van der Waals surface area contributed by atoms with Crippen LogP contribution in [0.5, 0.6) is 17.2 Å². The molecule has 0 amide bonds. The highest BCUT2D eigenvalue weighted by Gasteiger charge is 2.16. The number of carbonyl (C=O) groups is 1. The molecule has 2 heterocycles. The van der Waals surface area contributed by atoms with Gasteiger partial charge in [-0.25, -0.2) is 4.68 Å². The highest BCUT2D eigenvalue weighted by molar-refractivity contribution is 6.07. The van der Waals surface area contributed by atoms with E-state index in [2.05, 4.69) is 0 Å². The van der Waals surface area contributed by atoms with Crippen LogP contribution in [0.2, 0.25) is 0 Å². The number of rotatable bonds is 6. The lowest BCUT2D eigenvalue weighted by atomic mass is 10.1. The second-order valence-electron chi connectivity index (χ2n) is 7.50. The molecule has 0 fully saturated rings. The lowest BCUT2D eigenvalue weighted by molar-refractivity contribution is 0.104. The van der Waals surface area contributed by atoms with Crippen LogP contribution in [-0.2, 0) is 0 Å². The van der Waals surface area contributed by atoms with E-state index in [1.54, 1.807) is 43.5 Å². The lowest BCUT2D eigenvalue weighted by Crippen LogP contribution is -2.15. The molecular weight excluding hydrogens is 416 g/mol. The molecule has 0 radical (unpaired) electrons. The van der Waals surface area contributed by atoms with Crippen molar-refractivity contribution in [3.05, 3.63) is 96.2 Å². The van der Waals surface area contributed by atoms with Gasteiger partial charge in [0.05, 0.1) is 12.8 Å². The molecule has 1 aromatic heterocycles. The second kappa shape index (κ2) is 9.04. The predicted octanol–water partition coefficient (Wildman–Crippen LogP) is 5.22. The van der Waals surface area contributed by atoms with Crippen LogP contribution in [0.4, 0.5) is 0 Å². The Labute approximate surface area is 191 Å². The van der Waals surface area contributed by atoms with Gasteiger partial charge in [0.15, 0.2) is 17.3 Å². The zero-order chi connectivity index (χ0) is 22.6. The first-order valence-electron chi connectivity index (χ1n) is 10.6. The van der Waals surface area contributed by atoms with Gasteiger partial charge in [-0.3, -0.25) is 4.79 Å². The normalized spacial score (nSPS) is 12.6. The van der Waals surface area contributed by atoms with Gasteiger partial charge in [-0.1, -0.05) is 18.2 Å². The van der Waals surface area contributed by atoms with Gasteiger partial charge in [-0.2, -0.15) is 5.10 Å². The van der Waals surface area contributed by atoms with E-state index in [1.807, 2.05) is 59.4 Å². The van der Waals surface area contributed by atoms with Crippen molar-refractivity contribution in [1.29, 1.82) is 0 Å². The molecule has 0 atom stereocenters. The summed E-state index contributed by atoms with van der Waals surface area (Å²) >= 11 is 0. The van der Waals surface area contributed by atoms with Gasteiger partial charge in [-0.15, -0.1) is 0 Å². The van der Waals surface area contributed by atoms with Crippen molar-refractivity contribution in [2.45, 2.75) is 0 Å². The minimum absolute atomic E-state index is 0.0989. The fourth-order valence-corrected chi connectivity index (χ4v) is 3.65. The summed E-state index contributed by atoms with van der Waals surface area (Å²) in [4.78, 5) is 12.7. The van der Waals surface area contributed by atoms with Crippen molar-refractivity contribution in [2.24, 2.45) is 0 Å². The first-order chi connectivity index (χ1) is 16.2. The molecule has 0 saturated carbocycles. The average Bonchev–Trinajstić information content (AvgIpc) is 3.32. The third-order valence-corrected chi connectivity index (χ3v) is 5.37. The molecule has 0 spiro atoms. The summed E-state index contributed by atoms with van der Waals surface area (Å²) in [6.07, 6.45) is 5.28. The van der Waals surface area contributed by atoms with Gasteiger partial charge in [0.2, 0.25) is 0 Å². The summed E-state index contributed by atoms with van der Waals surface area (Å²) in [6.45, 7) is 1.05. The van der Waals surface area contributed by atoms with E-state index in [4.69, 9.17) is 19.3 Å². The number of carbonyl (C=O) groups excluding carboxylic acids is 1. The summed E-state index contributed by atoms with van der Waals surface area (Å²) in [5.74, 6) is 2.02. The fraction of sp³-hybridized carbons (Fsp3) is 0.111. The Morgan fingerprint density at radius 1 is 0.970 bits per heavy atom. The number of ether oxygens (including phenoxy) is 3. The molecule has 1 aliphatic rings. The van der Waals surface area contributed by atoms with Crippen molar-refractivity contribution >= 4 is 11.9 Å². The van der Waals surface area contributed by atoms with Gasteiger partial charge in [0.1, 0.15) is 24.7 Å². The highest BCUT2D eigenvalue weighted by Crippen LogP contribution is 2.35. The number of hydrogen-bond acceptors (Lipinski definition) is 5. The van der Waals surface area contributed by atoms with Gasteiger partial charge in [-0.05, 0) is 66.7 Å². The molecule has 0 aliphatic carbocycles. The number of hydrogen-bond donors (Lipinski definition) is 0. The second-order valence-corrected chi connectivity index (χ2v) is 7.50. The maximum Gasteiger partial charge on any atom is 0.185 e. The SMILES string of the molecule is COc1ccc(C(=O)C=Cc2cn(-c3ccccc3)nc2-c2ccc3c(c2)OCCO3)cc1. The first kappa shape index (κ1) is 20.6. The predicted molar refractivity (Wildman–Crippen MR) is 126 cm³/mol. The van der Waals surface area contributed by atoms with Crippen LogP contribution in [-0.4, -0.2) is 35.9 Å². The van der Waals surface area contributed by atoms with Crippen LogP contribution in [0.15, 0.2) is 85.1 Å². The largest absolute Gasteiger partial charge is 0.497 e. The Balaban J connectivity index is 1.52. The molecule has 0 saturated heterocycles. The van der Waals surface area contributed by atoms with Gasteiger partial charge >= 0.3 is 0 Å². The maximum absolute atomic E-state index is 12.7. The third-order valence-electron chi connectivity index (χ3n) is 5.37. The first-order valence-corrected chi connectivity index (χ1v) is 10.6. The smallest absolute Gasteiger partial charge is 0.185 e. The number of para-hydroxylation sites is 1. The maximum atomic E-state index is 12.7. The standard InChI is InChI=1S/C27H22N2O4/c1-31-23-11-7-19(8-12-23)24(30)13-9-21-18-29(22-5-3-2-4-6-22)28-27(21)20-10-14-25-26(17-20)33-16-15-32-25/h2-14,17-18H,15-16H2,1H3. The van der Waals surface area contributed by atoms with E-state index in [1.165, 1.54) is 0 Å². The third kappa shape index (κ3) is 4.36. The highest BCUT2D eigenvalue weighted by atomic mass is 16.6. The number of methoxy groups -OCH3 is 1. The number of aromatic nitrogens is 2. The van der Waals surface area contributed by atoms with Crippen molar-refractivity contribution in [3.8, 4) is 34.2 Å². The van der Waals surface area contributed by atoms with Crippen LogP contribution in [0.3, 0.4) is 0 Å². The minimum Gasteiger partial charge on any atom is -0.497 e. The van der Waals surface area contributed by atoms with Crippen LogP contribution in [0.1, 0.15) is 15.9 Å². The van der Waals surface area contributed by atoms with Crippen LogP contribution in [0.25, 0.3) is 23.0 Å². The van der Waals surface area contributed by atoms with Crippen molar-refractivity contribution in [1.82, 2.24) is 9.78 Å². The molecular formula is C27H22N2O4. The molecule has 0 unspecified atom stereocenters. The van der Waals surface area contributed by atoms with E-state index in [0.717, 1.165) is 28.3 Å². The van der Waals surface area contributed by atoms with Gasteiger partial charge in [0.25, 0.3) is 0 Å². The number of nitrogens with zero attached hydrogens (tertiary/aromatic N) is 2. The summed E-state index contributed by atoms with van der Waals surface area (Å²) < 4.78 is 18.4. The summed E-state index contributed by atoms with van der Waals surface area (Å²) in [7, 11) is 1.60. The minimum atomic E-state index is -0.0989. The molecule has 164 valence electrons. The van der Waals surface area contributed by atoms with Crippen LogP contribution >= 0.6 is 0 Å². The fourth-order valence-electron chi connectivity index (χ4n) is 3.65. The number of ketones is 1. The molecule has 4 aromatic rings. The van der Waals surface area contributed by atoms with Crippen LogP contribution in [0, 0.1) is 0 Å². The Morgan fingerprint density at radius 3 is 2.48 bits per heavy atom. The molecule has 5 rings (SSSR count). The Kier molecular flexibility index (Phi) is 5.64. The molecule has 33 heavy (non-hydrogen) atoms. The quantitative estimate of drug-likeness (QED) is 0.305. The average molecular weight is 438 g/mol. The van der Waals surface area contributed by atoms with Crippen molar-refractivity contribution in [3.63, 3.8) is 0 Å². The molecule has 1 aliphatic heterocycles. The molecule has 0 bridgehead atoms. The topological polar surface area (TPSA) is 62.6 Å². The summed E-state index contributed by atoms with van der Waals surface area (Å²) in [5, 5.41) is 4.81. The van der Waals surface area contributed by atoms with E-state index >= 15 is 0 Å². The Bertz CT molecular complexity index is 1310. The number of allylic oxidation sites excluding steroid dienone is 1. The molecule has 6 heteroatoms. The molecule has 3 aromatic carbocycles. The Morgan fingerprint density at radius 2 is 1.73 bits per heavy atom. The lowest BCUT2D eigenvalue weighted by Gasteiger charge is -2.18. The van der Waals surface area contributed by atoms with Gasteiger partial charge in [0, 0.05) is 22.9 Å². The zero-order valence-corrected chi connectivity index (χ0v) is 18.1. The number of fused-ring (bicyclic) bond motifs is 1. The zero-order valence-electron chi connectivity index (χ0n) is 18.1. The van der Waals surface area contributed by atoms with E-state index < -0.39 is 0 Å². The Hall–Kier alpha value is -4.32. The summed E-state index contributed by atoms with van der Waals surface area (Å²) in [6, 6.07) is 22.7. The van der Waals surface area contributed by atoms with E-state index in [9.17, 15) is 4.79 Å². The van der Waals surface area contributed by atoms with E-state index in [-0.39, 0.29) is 5.78 Å². The molecule has 0 N–H and O–H groups in total. The van der Waals surface area contributed by atoms with Gasteiger partial charge < -0.3 is 14.2 Å². The molecule has 6 nitrogen and oxygen atoms in total. The number of benzene rings is 3. The van der Waals surface area contributed by atoms with E-state index in [0.29, 0.717) is 30.3 Å². The monoisotopic (exact) mass is 438 g/mol.